The summed E-state index contributed by atoms with van der Waals surface area (Å²) in [6, 6.07) is 7.04. The van der Waals surface area contributed by atoms with Gasteiger partial charge in [-0.15, -0.1) is 0 Å². The van der Waals surface area contributed by atoms with Crippen LogP contribution < -0.4 is 10.6 Å². The number of nitrogens with two attached hydrogens (primary N) is 1. The molecule has 3 rings (SSSR count). The maximum absolute atomic E-state index is 6.32. The van der Waals surface area contributed by atoms with Gasteiger partial charge in [-0.3, -0.25) is 4.90 Å². The second kappa shape index (κ2) is 6.11. The lowest BCUT2D eigenvalue weighted by Crippen LogP contribution is -2.59. The summed E-state index contributed by atoms with van der Waals surface area (Å²) in [5.74, 6) is 0. The molecule has 0 radical (unpaired) electrons. The number of fused-ring (bicyclic) bond motifs is 1. The van der Waals surface area contributed by atoms with E-state index in [0.29, 0.717) is 22.1 Å². The van der Waals surface area contributed by atoms with Gasteiger partial charge in [-0.2, -0.15) is 0 Å². The fraction of sp³-hybridized carbons (Fsp3) is 0.562. The van der Waals surface area contributed by atoms with Gasteiger partial charge < -0.3 is 10.6 Å². The average molecular weight is 324 g/mol. The van der Waals surface area contributed by atoms with Crippen LogP contribution in [0.15, 0.2) is 18.2 Å². The number of thiocarbonyl (C=S) groups is 1. The van der Waals surface area contributed by atoms with Crippen molar-refractivity contribution in [1.82, 2.24) is 4.90 Å². The van der Waals surface area contributed by atoms with E-state index in [0.717, 1.165) is 24.3 Å². The van der Waals surface area contributed by atoms with E-state index in [1.54, 1.807) is 0 Å². The lowest BCUT2D eigenvalue weighted by molar-refractivity contribution is 0.115. The lowest BCUT2D eigenvalue weighted by atomic mass is 9.96. The van der Waals surface area contributed by atoms with Crippen LogP contribution in [-0.4, -0.2) is 41.6 Å². The zero-order valence-corrected chi connectivity index (χ0v) is 14.0. The first-order valence-corrected chi connectivity index (χ1v) is 8.45. The average Bonchev–Trinajstić information content (AvgIpc) is 2.45. The van der Waals surface area contributed by atoms with E-state index in [1.165, 1.54) is 25.8 Å². The molecule has 0 aromatic heterocycles. The Morgan fingerprint density at radius 1 is 1.33 bits per heavy atom. The van der Waals surface area contributed by atoms with Crippen LogP contribution >= 0.6 is 23.8 Å². The molecule has 0 bridgehead atoms. The number of anilines is 1. The minimum absolute atomic E-state index is 0.383. The van der Waals surface area contributed by atoms with Crippen molar-refractivity contribution < 1.29 is 0 Å². The topological polar surface area (TPSA) is 32.5 Å². The van der Waals surface area contributed by atoms with Crippen LogP contribution in [0.5, 0.6) is 0 Å². The van der Waals surface area contributed by atoms with Crippen molar-refractivity contribution >= 4 is 34.5 Å². The Bertz CT molecular complexity index is 548. The molecule has 0 spiro atoms. The van der Waals surface area contributed by atoms with E-state index in [9.17, 15) is 0 Å². The molecule has 114 valence electrons. The number of piperazine rings is 1. The maximum atomic E-state index is 6.32. The van der Waals surface area contributed by atoms with Crippen molar-refractivity contribution in [2.24, 2.45) is 5.73 Å². The number of halogens is 1. The molecule has 3 nitrogen and oxygen atoms in total. The molecule has 2 aliphatic rings. The number of rotatable bonds is 2. The van der Waals surface area contributed by atoms with Crippen LogP contribution in [0.1, 0.15) is 31.7 Å². The third-order valence-electron chi connectivity index (χ3n) is 4.73. The highest BCUT2D eigenvalue weighted by atomic mass is 35.5. The zero-order valence-electron chi connectivity index (χ0n) is 12.4. The van der Waals surface area contributed by atoms with E-state index >= 15 is 0 Å². The van der Waals surface area contributed by atoms with Gasteiger partial charge in [0.15, 0.2) is 0 Å². The van der Waals surface area contributed by atoms with Crippen LogP contribution in [0.25, 0.3) is 0 Å². The second-order valence-corrected chi connectivity index (χ2v) is 6.99. The van der Waals surface area contributed by atoms with Crippen molar-refractivity contribution in [3.05, 3.63) is 28.8 Å². The molecule has 0 amide bonds. The first-order chi connectivity index (χ1) is 10.1. The molecule has 5 heteroatoms. The lowest BCUT2D eigenvalue weighted by Gasteiger charge is -2.48. The molecule has 1 aromatic rings. The minimum Gasteiger partial charge on any atom is -0.389 e. The van der Waals surface area contributed by atoms with Gasteiger partial charge in [0.25, 0.3) is 0 Å². The summed E-state index contributed by atoms with van der Waals surface area (Å²) in [5.41, 5.74) is 7.82. The number of hydrogen-bond acceptors (Lipinski definition) is 3. The fourth-order valence-electron chi connectivity index (χ4n) is 3.68. The Labute approximate surface area is 137 Å². The van der Waals surface area contributed by atoms with Gasteiger partial charge in [0, 0.05) is 30.9 Å². The molecule has 21 heavy (non-hydrogen) atoms. The third-order valence-corrected chi connectivity index (χ3v) is 5.25. The predicted octanol–water partition coefficient (Wildman–Crippen LogP) is 3.04. The Morgan fingerprint density at radius 3 is 2.90 bits per heavy atom. The Kier molecular flexibility index (Phi) is 4.38. The molecule has 0 aliphatic carbocycles. The molecule has 0 saturated carbocycles. The van der Waals surface area contributed by atoms with Crippen molar-refractivity contribution in [3.8, 4) is 0 Å². The molecular formula is C16H22ClN3S. The number of nitrogens with zero attached hydrogens (tertiary/aromatic N) is 2. The van der Waals surface area contributed by atoms with Gasteiger partial charge in [-0.25, -0.2) is 0 Å². The largest absolute Gasteiger partial charge is 0.389 e. The molecule has 2 saturated heterocycles. The summed E-state index contributed by atoms with van der Waals surface area (Å²) in [7, 11) is 0. The maximum Gasteiger partial charge on any atom is 0.107 e. The highest BCUT2D eigenvalue weighted by Gasteiger charge is 2.34. The van der Waals surface area contributed by atoms with Crippen LogP contribution in [0, 0.1) is 0 Å². The van der Waals surface area contributed by atoms with Crippen molar-refractivity contribution in [1.29, 1.82) is 0 Å². The smallest absolute Gasteiger partial charge is 0.107 e. The molecule has 2 N–H and O–H groups in total. The first-order valence-electron chi connectivity index (χ1n) is 7.67. The van der Waals surface area contributed by atoms with Crippen LogP contribution in [-0.2, 0) is 0 Å². The minimum atomic E-state index is 0.383. The summed E-state index contributed by atoms with van der Waals surface area (Å²) < 4.78 is 0. The summed E-state index contributed by atoms with van der Waals surface area (Å²) in [4.78, 5) is 5.46. The molecule has 2 heterocycles. The summed E-state index contributed by atoms with van der Waals surface area (Å²) in [6.45, 7) is 5.65. The van der Waals surface area contributed by atoms with Gasteiger partial charge in [0.2, 0.25) is 0 Å². The zero-order chi connectivity index (χ0) is 15.0. The van der Waals surface area contributed by atoms with Gasteiger partial charge in [-0.1, -0.05) is 36.3 Å². The van der Waals surface area contributed by atoms with E-state index in [2.05, 4.69) is 22.8 Å². The second-order valence-electron chi connectivity index (χ2n) is 6.14. The SMILES string of the molecule is CC1CN2CCCCC2CN1c1cccc(Cl)c1C(N)=S. The predicted molar refractivity (Wildman–Crippen MR) is 93.4 cm³/mol. The number of benzene rings is 1. The Morgan fingerprint density at radius 2 is 2.14 bits per heavy atom. The van der Waals surface area contributed by atoms with E-state index < -0.39 is 0 Å². The molecule has 2 fully saturated rings. The molecule has 2 atom stereocenters. The third kappa shape index (κ3) is 2.89. The number of hydrogen-bond donors (Lipinski definition) is 1. The van der Waals surface area contributed by atoms with E-state index in [4.69, 9.17) is 29.6 Å². The Hall–Kier alpha value is -0.840. The first kappa shape index (κ1) is 15.1. The highest BCUT2D eigenvalue weighted by Crippen LogP contribution is 2.33. The van der Waals surface area contributed by atoms with Crippen molar-refractivity contribution in [2.75, 3.05) is 24.5 Å². The monoisotopic (exact) mass is 323 g/mol. The van der Waals surface area contributed by atoms with E-state index in [-0.39, 0.29) is 0 Å². The fourth-order valence-corrected chi connectivity index (χ4v) is 4.23. The molecule has 2 aliphatic heterocycles. The van der Waals surface area contributed by atoms with Gasteiger partial charge in [0.05, 0.1) is 10.6 Å². The van der Waals surface area contributed by atoms with Crippen molar-refractivity contribution in [2.45, 2.75) is 38.3 Å². The van der Waals surface area contributed by atoms with Crippen LogP contribution in [0.2, 0.25) is 5.02 Å². The van der Waals surface area contributed by atoms with Gasteiger partial charge in [0.1, 0.15) is 4.99 Å². The molecule has 1 aromatic carbocycles. The summed E-state index contributed by atoms with van der Waals surface area (Å²) >= 11 is 11.5. The molecular weight excluding hydrogens is 302 g/mol. The van der Waals surface area contributed by atoms with Crippen LogP contribution in [0.4, 0.5) is 5.69 Å². The van der Waals surface area contributed by atoms with Gasteiger partial charge in [-0.05, 0) is 38.4 Å². The standard InChI is InChI=1S/C16H22ClN3S/c1-11-9-19-8-3-2-5-12(19)10-20(11)14-7-4-6-13(17)15(14)16(18)21/h4,6-7,11-12H,2-3,5,8-10H2,1H3,(H2,18,21). The summed E-state index contributed by atoms with van der Waals surface area (Å²) in [6.07, 6.45) is 3.95. The number of piperidine rings is 1. The van der Waals surface area contributed by atoms with Crippen LogP contribution in [0.3, 0.4) is 0 Å². The quantitative estimate of drug-likeness (QED) is 0.848. The van der Waals surface area contributed by atoms with Crippen molar-refractivity contribution in [3.63, 3.8) is 0 Å². The Balaban J connectivity index is 1.93. The van der Waals surface area contributed by atoms with E-state index in [1.807, 2.05) is 12.1 Å². The summed E-state index contributed by atoms with van der Waals surface area (Å²) in [5, 5.41) is 0.651. The molecule has 2 unspecified atom stereocenters. The normalized spacial score (nSPS) is 26.5. The highest BCUT2D eigenvalue weighted by molar-refractivity contribution is 7.80. The van der Waals surface area contributed by atoms with Gasteiger partial charge >= 0.3 is 0 Å².